The summed E-state index contributed by atoms with van der Waals surface area (Å²) in [5.41, 5.74) is 3.54. The number of nitrogens with one attached hydrogen (secondary N) is 1. The smallest absolute Gasteiger partial charge is 0.266 e. The number of nitriles is 1. The van der Waals surface area contributed by atoms with E-state index in [9.17, 15) is 14.4 Å². The molecule has 0 radical (unpaired) electrons. The van der Waals surface area contributed by atoms with Crippen molar-refractivity contribution in [1.82, 2.24) is 0 Å². The molecular weight excluding hydrogens is 443 g/mol. The van der Waals surface area contributed by atoms with Crippen LogP contribution in [0.4, 0.5) is 10.1 Å². The molecule has 0 atom stereocenters. The van der Waals surface area contributed by atoms with Crippen LogP contribution in [0.5, 0.6) is 11.5 Å². The number of benzene rings is 3. The highest BCUT2D eigenvalue weighted by atomic mass is 35.5. The Bertz CT molecular complexity index is 1260. The molecule has 1 amide bonds. The molecule has 3 aromatic rings. The highest BCUT2D eigenvalue weighted by molar-refractivity contribution is 6.32. The number of carbonyl (C=O) groups excluding carboxylic acids is 1. The summed E-state index contributed by atoms with van der Waals surface area (Å²) in [6, 6.07) is 16.8. The lowest BCUT2D eigenvalue weighted by Gasteiger charge is -2.14. The van der Waals surface area contributed by atoms with Crippen molar-refractivity contribution in [3.05, 3.63) is 93.3 Å². The van der Waals surface area contributed by atoms with Gasteiger partial charge in [0.15, 0.2) is 11.5 Å². The summed E-state index contributed by atoms with van der Waals surface area (Å²) >= 11 is 6.39. The van der Waals surface area contributed by atoms with Gasteiger partial charge in [-0.2, -0.15) is 5.26 Å². The van der Waals surface area contributed by atoms with Gasteiger partial charge >= 0.3 is 0 Å². The third-order valence-electron chi connectivity index (χ3n) is 4.84. The lowest BCUT2D eigenvalue weighted by atomic mass is 10.1. The summed E-state index contributed by atoms with van der Waals surface area (Å²) in [5.74, 6) is -0.304. The van der Waals surface area contributed by atoms with Crippen molar-refractivity contribution in [3.8, 4) is 17.6 Å². The Labute approximate surface area is 197 Å². The number of amides is 1. The Balaban J connectivity index is 1.84. The van der Waals surface area contributed by atoms with Gasteiger partial charge in [0.05, 0.1) is 12.1 Å². The fraction of sp³-hybridized carbons (Fsp3) is 0.154. The number of halogens is 2. The van der Waals surface area contributed by atoms with E-state index in [0.717, 1.165) is 11.1 Å². The first-order valence-electron chi connectivity index (χ1n) is 10.1. The number of methoxy groups -OCH3 is 1. The molecule has 33 heavy (non-hydrogen) atoms. The minimum atomic E-state index is -0.535. The van der Waals surface area contributed by atoms with Crippen LogP contribution in [0.15, 0.2) is 60.2 Å². The summed E-state index contributed by atoms with van der Waals surface area (Å²) < 4.78 is 24.5. The third-order valence-corrected chi connectivity index (χ3v) is 5.12. The van der Waals surface area contributed by atoms with Gasteiger partial charge in [0.2, 0.25) is 0 Å². The zero-order chi connectivity index (χ0) is 24.0. The normalized spacial score (nSPS) is 11.0. The molecule has 0 aliphatic rings. The van der Waals surface area contributed by atoms with Crippen molar-refractivity contribution in [3.63, 3.8) is 0 Å². The van der Waals surface area contributed by atoms with Gasteiger partial charge in [0.25, 0.3) is 5.91 Å². The first kappa shape index (κ1) is 23.8. The maximum absolute atomic E-state index is 13.4. The number of aryl methyl sites for hydroxylation is 2. The molecule has 0 aliphatic heterocycles. The third kappa shape index (κ3) is 6.12. The van der Waals surface area contributed by atoms with E-state index in [2.05, 4.69) is 5.32 Å². The van der Waals surface area contributed by atoms with Crippen molar-refractivity contribution in [2.24, 2.45) is 0 Å². The first-order valence-corrected chi connectivity index (χ1v) is 10.4. The molecule has 0 saturated heterocycles. The topological polar surface area (TPSA) is 71.3 Å². The Hall–Kier alpha value is -3.82. The van der Waals surface area contributed by atoms with Gasteiger partial charge in [-0.05, 0) is 72.5 Å². The van der Waals surface area contributed by atoms with Crippen LogP contribution in [0.3, 0.4) is 0 Å². The molecule has 3 rings (SSSR count). The molecule has 0 aromatic heterocycles. The van der Waals surface area contributed by atoms with Crippen molar-refractivity contribution < 1.29 is 18.7 Å². The van der Waals surface area contributed by atoms with Crippen LogP contribution in [-0.4, -0.2) is 13.0 Å². The highest BCUT2D eigenvalue weighted by Gasteiger charge is 2.15. The van der Waals surface area contributed by atoms with Crippen LogP contribution in [-0.2, 0) is 11.4 Å². The number of nitrogens with zero attached hydrogens (tertiary/aromatic N) is 1. The zero-order valence-electron chi connectivity index (χ0n) is 18.4. The van der Waals surface area contributed by atoms with E-state index < -0.39 is 5.91 Å². The van der Waals surface area contributed by atoms with Gasteiger partial charge in [-0.3, -0.25) is 4.79 Å². The standard InChI is InChI=1S/C26H22ClFN2O3/c1-16-7-8-17(2)23(9-16)30-26(31)20(14-29)10-19-12-22(27)25(24(13-19)32-3)33-15-18-5-4-6-21(28)11-18/h4-13H,15H2,1-3H3,(H,30,31)/b20-10+. The molecule has 1 N–H and O–H groups in total. The first-order chi connectivity index (χ1) is 15.8. The van der Waals surface area contributed by atoms with E-state index >= 15 is 0 Å². The van der Waals surface area contributed by atoms with Gasteiger partial charge in [-0.25, -0.2) is 4.39 Å². The van der Waals surface area contributed by atoms with Crippen molar-refractivity contribution >= 4 is 29.3 Å². The summed E-state index contributed by atoms with van der Waals surface area (Å²) in [6.07, 6.45) is 1.42. The molecule has 0 spiro atoms. The van der Waals surface area contributed by atoms with E-state index in [1.807, 2.05) is 38.1 Å². The molecular formula is C26H22ClFN2O3. The highest BCUT2D eigenvalue weighted by Crippen LogP contribution is 2.37. The van der Waals surface area contributed by atoms with E-state index in [-0.39, 0.29) is 28.8 Å². The van der Waals surface area contributed by atoms with Crippen molar-refractivity contribution in [2.45, 2.75) is 20.5 Å². The van der Waals surface area contributed by atoms with Crippen LogP contribution in [0.2, 0.25) is 5.02 Å². The van der Waals surface area contributed by atoms with E-state index in [1.54, 1.807) is 24.3 Å². The monoisotopic (exact) mass is 464 g/mol. The molecule has 0 unspecified atom stereocenters. The second kappa shape index (κ2) is 10.7. The molecule has 168 valence electrons. The number of hydrogen-bond donors (Lipinski definition) is 1. The van der Waals surface area contributed by atoms with E-state index in [0.29, 0.717) is 22.6 Å². The largest absolute Gasteiger partial charge is 0.493 e. The predicted molar refractivity (Wildman–Crippen MR) is 127 cm³/mol. The fourth-order valence-electron chi connectivity index (χ4n) is 3.12. The van der Waals surface area contributed by atoms with Gasteiger partial charge in [-0.15, -0.1) is 0 Å². The van der Waals surface area contributed by atoms with E-state index in [4.69, 9.17) is 21.1 Å². The predicted octanol–water partition coefficient (Wildman–Crippen LogP) is 6.23. The Morgan fingerprint density at radius 3 is 2.67 bits per heavy atom. The van der Waals surface area contributed by atoms with Gasteiger partial charge < -0.3 is 14.8 Å². The average molecular weight is 465 g/mol. The molecule has 0 saturated carbocycles. The second-order valence-electron chi connectivity index (χ2n) is 7.40. The molecule has 5 nitrogen and oxygen atoms in total. The minimum Gasteiger partial charge on any atom is -0.493 e. The second-order valence-corrected chi connectivity index (χ2v) is 7.80. The molecule has 7 heteroatoms. The Morgan fingerprint density at radius 2 is 1.97 bits per heavy atom. The molecule has 0 bridgehead atoms. The van der Waals surface area contributed by atoms with Crippen molar-refractivity contribution in [2.75, 3.05) is 12.4 Å². The molecule has 0 heterocycles. The van der Waals surface area contributed by atoms with Gasteiger partial charge in [-0.1, -0.05) is 35.9 Å². The number of hydrogen-bond acceptors (Lipinski definition) is 4. The van der Waals surface area contributed by atoms with Crippen LogP contribution >= 0.6 is 11.6 Å². The lowest BCUT2D eigenvalue weighted by Crippen LogP contribution is -2.14. The lowest BCUT2D eigenvalue weighted by molar-refractivity contribution is -0.112. The fourth-order valence-corrected chi connectivity index (χ4v) is 3.39. The molecule has 3 aromatic carbocycles. The zero-order valence-corrected chi connectivity index (χ0v) is 19.2. The summed E-state index contributed by atoms with van der Waals surface area (Å²) in [6.45, 7) is 3.88. The summed E-state index contributed by atoms with van der Waals surface area (Å²) in [5, 5.41) is 12.5. The summed E-state index contributed by atoms with van der Waals surface area (Å²) in [7, 11) is 1.45. The Morgan fingerprint density at radius 1 is 1.18 bits per heavy atom. The quantitative estimate of drug-likeness (QED) is 0.332. The van der Waals surface area contributed by atoms with E-state index in [1.165, 1.54) is 25.3 Å². The van der Waals surface area contributed by atoms with Crippen LogP contribution in [0.1, 0.15) is 22.3 Å². The molecule has 0 aliphatic carbocycles. The number of anilines is 1. The van der Waals surface area contributed by atoms with Crippen molar-refractivity contribution in [1.29, 1.82) is 5.26 Å². The summed E-state index contributed by atoms with van der Waals surface area (Å²) in [4.78, 5) is 12.7. The number of ether oxygens (including phenoxy) is 2. The maximum atomic E-state index is 13.4. The average Bonchev–Trinajstić information content (AvgIpc) is 2.78. The maximum Gasteiger partial charge on any atom is 0.266 e. The minimum absolute atomic E-state index is 0.0880. The number of carbonyl (C=O) groups is 1. The van der Waals surface area contributed by atoms with Gasteiger partial charge in [0.1, 0.15) is 24.1 Å². The van der Waals surface area contributed by atoms with Crippen LogP contribution < -0.4 is 14.8 Å². The molecule has 0 fully saturated rings. The van der Waals surface area contributed by atoms with Crippen LogP contribution in [0, 0.1) is 31.0 Å². The SMILES string of the molecule is COc1cc(/C=C(\C#N)C(=O)Nc2cc(C)ccc2C)cc(Cl)c1OCc1cccc(F)c1. The van der Waals surface area contributed by atoms with Crippen LogP contribution in [0.25, 0.3) is 6.08 Å². The Kier molecular flexibility index (Phi) is 7.70. The number of rotatable bonds is 7. The van der Waals surface area contributed by atoms with Gasteiger partial charge in [0, 0.05) is 5.69 Å².